The molecule has 1 fully saturated rings. The quantitative estimate of drug-likeness (QED) is 0.892. The third kappa shape index (κ3) is 3.20. The maximum absolute atomic E-state index is 5.92. The lowest BCUT2D eigenvalue weighted by Gasteiger charge is -2.16. The van der Waals surface area contributed by atoms with E-state index in [9.17, 15) is 0 Å². The van der Waals surface area contributed by atoms with Gasteiger partial charge in [0.25, 0.3) is 0 Å². The van der Waals surface area contributed by atoms with Crippen LogP contribution in [0.3, 0.4) is 0 Å². The number of hydrogen-bond acceptors (Lipinski definition) is 3. The van der Waals surface area contributed by atoms with Crippen LogP contribution in [0.25, 0.3) is 0 Å². The van der Waals surface area contributed by atoms with Crippen LogP contribution in [0.2, 0.25) is 4.34 Å². The van der Waals surface area contributed by atoms with Crippen LogP contribution in [0.1, 0.15) is 37.6 Å². The van der Waals surface area contributed by atoms with Gasteiger partial charge < -0.3 is 10.1 Å². The summed E-state index contributed by atoms with van der Waals surface area (Å²) in [4.78, 5) is 1.29. The summed E-state index contributed by atoms with van der Waals surface area (Å²) < 4.78 is 6.62. The van der Waals surface area contributed by atoms with E-state index in [1.54, 1.807) is 11.3 Å². The highest BCUT2D eigenvalue weighted by molar-refractivity contribution is 7.16. The molecule has 1 N–H and O–H groups in total. The minimum atomic E-state index is 0.358. The molecule has 1 aliphatic rings. The van der Waals surface area contributed by atoms with Gasteiger partial charge in [-0.1, -0.05) is 11.6 Å². The highest BCUT2D eigenvalue weighted by Crippen LogP contribution is 2.27. The second kappa shape index (κ2) is 5.50. The van der Waals surface area contributed by atoms with Crippen molar-refractivity contribution in [1.29, 1.82) is 0 Å². The Labute approximate surface area is 106 Å². The summed E-state index contributed by atoms with van der Waals surface area (Å²) in [5.74, 6) is 0. The summed E-state index contributed by atoms with van der Waals surface area (Å²) in [6.07, 6.45) is 3.17. The molecule has 2 heterocycles. The standard InChI is InChI=1S/C12H18ClNOS/c1-8-3-4-10(15-8)7-14-9(2)11-5-6-12(13)16-11/h5-6,8-10,14H,3-4,7H2,1-2H3. The van der Waals surface area contributed by atoms with Crippen LogP contribution in [0.4, 0.5) is 0 Å². The molecule has 0 saturated carbocycles. The van der Waals surface area contributed by atoms with Gasteiger partial charge in [-0.3, -0.25) is 0 Å². The molecular formula is C12H18ClNOS. The fourth-order valence-electron chi connectivity index (χ4n) is 2.01. The van der Waals surface area contributed by atoms with Crippen molar-refractivity contribution < 1.29 is 4.74 Å². The average molecular weight is 260 g/mol. The van der Waals surface area contributed by atoms with Crippen molar-refractivity contribution in [3.8, 4) is 0 Å². The molecule has 0 aliphatic carbocycles. The van der Waals surface area contributed by atoms with Gasteiger partial charge in [-0.05, 0) is 38.8 Å². The maximum atomic E-state index is 5.92. The van der Waals surface area contributed by atoms with Gasteiger partial charge in [0, 0.05) is 17.5 Å². The van der Waals surface area contributed by atoms with Crippen LogP contribution in [-0.4, -0.2) is 18.8 Å². The number of thiophene rings is 1. The van der Waals surface area contributed by atoms with Gasteiger partial charge in [-0.2, -0.15) is 0 Å². The molecule has 0 bridgehead atoms. The summed E-state index contributed by atoms with van der Waals surface area (Å²) in [7, 11) is 0. The van der Waals surface area contributed by atoms with E-state index in [1.165, 1.54) is 17.7 Å². The molecule has 2 rings (SSSR count). The second-order valence-corrected chi connectivity index (χ2v) is 6.16. The van der Waals surface area contributed by atoms with Gasteiger partial charge in [0.1, 0.15) is 0 Å². The van der Waals surface area contributed by atoms with Crippen molar-refractivity contribution in [1.82, 2.24) is 5.32 Å². The van der Waals surface area contributed by atoms with Gasteiger partial charge in [0.15, 0.2) is 0 Å². The predicted molar refractivity (Wildman–Crippen MR) is 69.3 cm³/mol. The number of halogens is 1. The van der Waals surface area contributed by atoms with E-state index in [1.807, 2.05) is 6.07 Å². The SMILES string of the molecule is CC1CCC(CNC(C)c2ccc(Cl)s2)O1. The van der Waals surface area contributed by atoms with Crippen molar-refractivity contribution in [3.63, 3.8) is 0 Å². The van der Waals surface area contributed by atoms with Crippen molar-refractivity contribution in [2.24, 2.45) is 0 Å². The first-order valence-electron chi connectivity index (χ1n) is 5.79. The zero-order chi connectivity index (χ0) is 11.5. The van der Waals surface area contributed by atoms with E-state index in [2.05, 4.69) is 25.2 Å². The zero-order valence-corrected chi connectivity index (χ0v) is 11.3. The monoisotopic (exact) mass is 259 g/mol. The summed E-state index contributed by atoms with van der Waals surface area (Å²) in [6.45, 7) is 5.24. The van der Waals surface area contributed by atoms with Crippen molar-refractivity contribution >= 4 is 22.9 Å². The molecule has 1 aromatic heterocycles. The Morgan fingerprint density at radius 1 is 1.56 bits per heavy atom. The average Bonchev–Trinajstić information content (AvgIpc) is 2.84. The van der Waals surface area contributed by atoms with Crippen LogP contribution in [0.15, 0.2) is 12.1 Å². The van der Waals surface area contributed by atoms with Crippen molar-refractivity contribution in [3.05, 3.63) is 21.3 Å². The fraction of sp³-hybridized carbons (Fsp3) is 0.667. The smallest absolute Gasteiger partial charge is 0.0931 e. The highest BCUT2D eigenvalue weighted by Gasteiger charge is 2.22. The first kappa shape index (κ1) is 12.4. The molecule has 3 unspecified atom stereocenters. The normalized spacial score (nSPS) is 27.2. The van der Waals surface area contributed by atoms with E-state index >= 15 is 0 Å². The van der Waals surface area contributed by atoms with Crippen LogP contribution < -0.4 is 5.32 Å². The van der Waals surface area contributed by atoms with Gasteiger partial charge in [0.2, 0.25) is 0 Å². The molecule has 2 nitrogen and oxygen atoms in total. The largest absolute Gasteiger partial charge is 0.374 e. The minimum Gasteiger partial charge on any atom is -0.374 e. The van der Waals surface area contributed by atoms with Crippen LogP contribution in [0.5, 0.6) is 0 Å². The van der Waals surface area contributed by atoms with Gasteiger partial charge in [-0.25, -0.2) is 0 Å². The lowest BCUT2D eigenvalue weighted by Crippen LogP contribution is -2.28. The molecule has 1 aliphatic heterocycles. The fourth-order valence-corrected chi connectivity index (χ4v) is 3.09. The molecule has 90 valence electrons. The topological polar surface area (TPSA) is 21.3 Å². The van der Waals surface area contributed by atoms with E-state index < -0.39 is 0 Å². The predicted octanol–water partition coefficient (Wildman–Crippen LogP) is 3.62. The molecular weight excluding hydrogens is 242 g/mol. The van der Waals surface area contributed by atoms with Crippen molar-refractivity contribution in [2.45, 2.75) is 44.9 Å². The Hall–Kier alpha value is -0.0900. The number of rotatable bonds is 4. The van der Waals surface area contributed by atoms with E-state index in [-0.39, 0.29) is 0 Å². The second-order valence-electron chi connectivity index (χ2n) is 4.42. The first-order valence-corrected chi connectivity index (χ1v) is 6.98. The Bertz CT molecular complexity index is 342. The molecule has 3 atom stereocenters. The first-order chi connectivity index (χ1) is 7.65. The summed E-state index contributed by atoms with van der Waals surface area (Å²) in [5.41, 5.74) is 0. The van der Waals surface area contributed by atoms with Gasteiger partial charge in [-0.15, -0.1) is 11.3 Å². The Morgan fingerprint density at radius 2 is 2.38 bits per heavy atom. The van der Waals surface area contributed by atoms with Gasteiger partial charge >= 0.3 is 0 Å². The van der Waals surface area contributed by atoms with Crippen LogP contribution in [-0.2, 0) is 4.74 Å². The molecule has 4 heteroatoms. The lowest BCUT2D eigenvalue weighted by atomic mass is 10.2. The Morgan fingerprint density at radius 3 is 2.94 bits per heavy atom. The molecule has 0 amide bonds. The highest BCUT2D eigenvalue weighted by atomic mass is 35.5. The number of ether oxygens (including phenoxy) is 1. The maximum Gasteiger partial charge on any atom is 0.0931 e. The van der Waals surface area contributed by atoms with E-state index in [4.69, 9.17) is 16.3 Å². The summed E-state index contributed by atoms with van der Waals surface area (Å²) in [5, 5.41) is 3.50. The lowest BCUT2D eigenvalue weighted by molar-refractivity contribution is 0.0547. The summed E-state index contributed by atoms with van der Waals surface area (Å²) >= 11 is 7.56. The minimum absolute atomic E-state index is 0.358. The van der Waals surface area contributed by atoms with Crippen LogP contribution in [0, 0.1) is 0 Å². The number of hydrogen-bond donors (Lipinski definition) is 1. The molecule has 1 aromatic rings. The molecule has 16 heavy (non-hydrogen) atoms. The Kier molecular flexibility index (Phi) is 4.25. The molecule has 1 saturated heterocycles. The summed E-state index contributed by atoms with van der Waals surface area (Å²) in [6, 6.07) is 4.40. The third-order valence-electron chi connectivity index (χ3n) is 2.99. The zero-order valence-electron chi connectivity index (χ0n) is 9.70. The number of nitrogens with one attached hydrogen (secondary N) is 1. The Balaban J connectivity index is 1.77. The van der Waals surface area contributed by atoms with E-state index in [0.717, 1.165) is 10.9 Å². The van der Waals surface area contributed by atoms with Gasteiger partial charge in [0.05, 0.1) is 16.5 Å². The molecule has 0 radical (unpaired) electrons. The third-order valence-corrected chi connectivity index (χ3v) is 4.41. The van der Waals surface area contributed by atoms with E-state index in [0.29, 0.717) is 18.2 Å². The van der Waals surface area contributed by atoms with Crippen molar-refractivity contribution in [2.75, 3.05) is 6.54 Å². The molecule has 0 aromatic carbocycles. The molecule has 0 spiro atoms. The van der Waals surface area contributed by atoms with Crippen LogP contribution >= 0.6 is 22.9 Å².